The molecule has 10 heteroatoms. The quantitative estimate of drug-likeness (QED) is 0.501. The molecule has 1 N–H and O–H groups in total. The number of carbonyl (C=O) groups excluding carboxylic acids is 4. The Morgan fingerprint density at radius 1 is 1.06 bits per heavy atom. The van der Waals surface area contributed by atoms with Crippen LogP contribution in [0, 0.1) is 20.8 Å². The summed E-state index contributed by atoms with van der Waals surface area (Å²) in [7, 11) is 1.60. The van der Waals surface area contributed by atoms with E-state index in [0.29, 0.717) is 24.2 Å². The van der Waals surface area contributed by atoms with E-state index in [-0.39, 0.29) is 5.91 Å². The molecule has 1 aliphatic heterocycles. The minimum atomic E-state index is -0.861. The van der Waals surface area contributed by atoms with Crippen molar-refractivity contribution in [2.45, 2.75) is 58.4 Å². The van der Waals surface area contributed by atoms with Crippen LogP contribution in [0.4, 0.5) is 10.5 Å². The summed E-state index contributed by atoms with van der Waals surface area (Å²) in [4.78, 5) is 52.9. The summed E-state index contributed by atoms with van der Waals surface area (Å²) < 4.78 is 6.82. The Morgan fingerprint density at radius 2 is 1.71 bits per heavy atom. The number of hydrogen-bond acceptors (Lipinski definition) is 6. The van der Waals surface area contributed by atoms with E-state index in [0.717, 1.165) is 41.1 Å². The Morgan fingerprint density at radius 3 is 2.37 bits per heavy atom. The van der Waals surface area contributed by atoms with E-state index >= 15 is 0 Å². The predicted molar refractivity (Wildman–Crippen MR) is 128 cm³/mol. The van der Waals surface area contributed by atoms with Crippen molar-refractivity contribution in [3.63, 3.8) is 0 Å². The number of urea groups is 1. The van der Waals surface area contributed by atoms with Crippen LogP contribution in [-0.2, 0) is 19.1 Å². The highest BCUT2D eigenvalue weighted by atomic mass is 16.5. The zero-order valence-corrected chi connectivity index (χ0v) is 20.6. The van der Waals surface area contributed by atoms with Crippen molar-refractivity contribution in [1.29, 1.82) is 0 Å². The van der Waals surface area contributed by atoms with Crippen molar-refractivity contribution in [1.82, 2.24) is 19.6 Å². The number of esters is 1. The number of anilines is 1. The number of benzene rings is 1. The maximum Gasteiger partial charge on any atom is 0.327 e. The summed E-state index contributed by atoms with van der Waals surface area (Å²) >= 11 is 0. The van der Waals surface area contributed by atoms with E-state index in [9.17, 15) is 19.2 Å². The Bertz CT molecular complexity index is 1160. The number of aryl methyl sites for hydroxylation is 2. The maximum atomic E-state index is 13.0. The number of hydrogen-bond donors (Lipinski definition) is 1. The van der Waals surface area contributed by atoms with Gasteiger partial charge in [-0.15, -0.1) is 0 Å². The monoisotopic (exact) mass is 481 g/mol. The Balaban J connectivity index is 1.35. The van der Waals surface area contributed by atoms with E-state index < -0.39 is 36.6 Å². The number of ether oxygens (including phenoxy) is 1. The fourth-order valence-electron chi connectivity index (χ4n) is 4.93. The first kappa shape index (κ1) is 24.4. The number of amides is 4. The highest BCUT2D eigenvalue weighted by molar-refractivity contribution is 6.08. The second-order valence-electron chi connectivity index (χ2n) is 9.33. The Kier molecular flexibility index (Phi) is 6.64. The largest absolute Gasteiger partial charge is 0.454 e. The summed E-state index contributed by atoms with van der Waals surface area (Å²) in [6.45, 7) is 4.57. The van der Waals surface area contributed by atoms with E-state index in [1.807, 2.05) is 38.1 Å². The lowest BCUT2D eigenvalue weighted by Crippen LogP contribution is -2.49. The summed E-state index contributed by atoms with van der Waals surface area (Å²) in [6, 6.07) is 7.34. The molecule has 2 aliphatic rings. The number of likely N-dealkylation sites (N-methyl/N-ethyl adjacent to an activating group) is 1. The number of aromatic nitrogens is 2. The van der Waals surface area contributed by atoms with E-state index in [2.05, 4.69) is 10.4 Å². The lowest BCUT2D eigenvalue weighted by Gasteiger charge is -2.35. The molecule has 10 nitrogen and oxygen atoms in total. The first-order valence-electron chi connectivity index (χ1n) is 11.8. The summed E-state index contributed by atoms with van der Waals surface area (Å²) in [5, 5.41) is 7.24. The van der Waals surface area contributed by atoms with Crippen LogP contribution in [0.3, 0.4) is 0 Å². The van der Waals surface area contributed by atoms with Gasteiger partial charge in [-0.1, -0.05) is 37.0 Å². The molecule has 35 heavy (non-hydrogen) atoms. The normalized spacial score (nSPS) is 17.3. The molecule has 2 aromatic rings. The topological polar surface area (TPSA) is 114 Å². The third-order valence-electron chi connectivity index (χ3n) is 6.97. The van der Waals surface area contributed by atoms with Gasteiger partial charge in [-0.3, -0.25) is 19.3 Å². The van der Waals surface area contributed by atoms with Crippen LogP contribution in [0.15, 0.2) is 24.3 Å². The van der Waals surface area contributed by atoms with Crippen LogP contribution in [0.5, 0.6) is 0 Å². The minimum Gasteiger partial charge on any atom is -0.454 e. The zero-order chi connectivity index (χ0) is 25.3. The van der Waals surface area contributed by atoms with Crippen molar-refractivity contribution >= 4 is 29.5 Å². The molecule has 2 heterocycles. The second kappa shape index (κ2) is 9.52. The van der Waals surface area contributed by atoms with Gasteiger partial charge in [-0.25, -0.2) is 9.48 Å². The maximum absolute atomic E-state index is 13.0. The van der Waals surface area contributed by atoms with Crippen LogP contribution in [0.25, 0.3) is 5.69 Å². The fraction of sp³-hybridized carbons (Fsp3) is 0.480. The van der Waals surface area contributed by atoms with Gasteiger partial charge >= 0.3 is 12.0 Å². The standard InChI is InChI=1S/C25H31N5O5/c1-16-8-10-19(11-9-16)30-18(3)22(17(2)27-30)26-20(31)15-35-21(32)14-29-23(33)25(28(4)24(29)34)12-6-5-7-13-25/h8-11H,5-7,12-15H2,1-4H3,(H,26,31). The van der Waals surface area contributed by atoms with Gasteiger partial charge in [0.15, 0.2) is 6.61 Å². The molecule has 1 aromatic heterocycles. The molecule has 4 amide bonds. The van der Waals surface area contributed by atoms with Crippen LogP contribution in [0.2, 0.25) is 0 Å². The van der Waals surface area contributed by atoms with Crippen LogP contribution >= 0.6 is 0 Å². The van der Waals surface area contributed by atoms with E-state index in [1.165, 1.54) is 4.90 Å². The molecule has 0 radical (unpaired) electrons. The number of imide groups is 1. The highest BCUT2D eigenvalue weighted by Gasteiger charge is 2.56. The Hall–Kier alpha value is -3.69. The van der Waals surface area contributed by atoms with E-state index in [1.54, 1.807) is 18.7 Å². The average molecular weight is 482 g/mol. The summed E-state index contributed by atoms with van der Waals surface area (Å²) in [6.07, 6.45) is 3.94. The molecule has 4 rings (SSSR count). The van der Waals surface area contributed by atoms with Crippen molar-refractivity contribution in [3.8, 4) is 5.69 Å². The molecule has 1 aromatic carbocycles. The lowest BCUT2D eigenvalue weighted by atomic mass is 9.81. The lowest BCUT2D eigenvalue weighted by molar-refractivity contribution is -0.150. The molecule has 1 saturated heterocycles. The SMILES string of the molecule is Cc1ccc(-n2nc(C)c(NC(=O)COC(=O)CN3C(=O)N(C)C4(CCCCC4)C3=O)c2C)cc1. The highest BCUT2D eigenvalue weighted by Crippen LogP contribution is 2.39. The zero-order valence-electron chi connectivity index (χ0n) is 20.6. The first-order chi connectivity index (χ1) is 16.6. The predicted octanol–water partition coefficient (Wildman–Crippen LogP) is 2.88. The number of nitrogens with zero attached hydrogens (tertiary/aromatic N) is 4. The molecule has 1 spiro atoms. The molecule has 1 aliphatic carbocycles. The van der Waals surface area contributed by atoms with Gasteiger partial charge in [0.25, 0.3) is 11.8 Å². The van der Waals surface area contributed by atoms with Crippen molar-refractivity contribution in [3.05, 3.63) is 41.2 Å². The minimum absolute atomic E-state index is 0.360. The van der Waals surface area contributed by atoms with Crippen LogP contribution in [-0.4, -0.2) is 69.1 Å². The van der Waals surface area contributed by atoms with Crippen molar-refractivity contribution in [2.75, 3.05) is 25.5 Å². The number of rotatable bonds is 6. The smallest absolute Gasteiger partial charge is 0.327 e. The third-order valence-corrected chi connectivity index (χ3v) is 6.97. The molecular formula is C25H31N5O5. The van der Waals surface area contributed by atoms with Gasteiger partial charge in [0.1, 0.15) is 12.1 Å². The molecule has 2 fully saturated rings. The fourth-order valence-corrected chi connectivity index (χ4v) is 4.93. The van der Waals surface area contributed by atoms with Gasteiger partial charge in [-0.05, 0) is 45.7 Å². The molecular weight excluding hydrogens is 450 g/mol. The third kappa shape index (κ3) is 4.52. The second-order valence-corrected chi connectivity index (χ2v) is 9.33. The average Bonchev–Trinajstić information content (AvgIpc) is 3.21. The number of carbonyl (C=O) groups is 4. The molecule has 0 unspecified atom stereocenters. The van der Waals surface area contributed by atoms with Crippen molar-refractivity contribution < 1.29 is 23.9 Å². The van der Waals surface area contributed by atoms with Gasteiger partial charge in [-0.2, -0.15) is 5.10 Å². The van der Waals surface area contributed by atoms with Crippen LogP contribution < -0.4 is 5.32 Å². The van der Waals surface area contributed by atoms with Crippen molar-refractivity contribution in [2.24, 2.45) is 0 Å². The Labute approximate surface area is 204 Å². The number of nitrogens with one attached hydrogen (secondary N) is 1. The molecule has 1 saturated carbocycles. The first-order valence-corrected chi connectivity index (χ1v) is 11.8. The van der Waals surface area contributed by atoms with Gasteiger partial charge in [0.05, 0.1) is 22.8 Å². The molecule has 0 bridgehead atoms. The van der Waals surface area contributed by atoms with Gasteiger partial charge < -0.3 is 15.0 Å². The molecule has 0 atom stereocenters. The van der Waals surface area contributed by atoms with Gasteiger partial charge in [0.2, 0.25) is 0 Å². The summed E-state index contributed by atoms with van der Waals surface area (Å²) in [5.74, 6) is -1.71. The van der Waals surface area contributed by atoms with Crippen LogP contribution in [0.1, 0.15) is 49.1 Å². The summed E-state index contributed by atoms with van der Waals surface area (Å²) in [5.41, 5.74) is 3.03. The van der Waals surface area contributed by atoms with Gasteiger partial charge in [0, 0.05) is 7.05 Å². The van der Waals surface area contributed by atoms with E-state index in [4.69, 9.17) is 4.74 Å². The molecule has 186 valence electrons.